The van der Waals surface area contributed by atoms with Crippen molar-refractivity contribution < 1.29 is 19.1 Å². The Morgan fingerprint density at radius 2 is 2.00 bits per heavy atom. The molecule has 0 aromatic carbocycles. The average molecular weight is 199 g/mol. The fraction of sp³-hybridized carbons (Fsp3) is 0.444. The van der Waals surface area contributed by atoms with Gasteiger partial charge in [0, 0.05) is 14.0 Å². The first-order valence-electron chi connectivity index (χ1n) is 4.04. The van der Waals surface area contributed by atoms with E-state index in [0.717, 1.165) is 13.0 Å². The maximum Gasteiger partial charge on any atom is 0.374 e. The van der Waals surface area contributed by atoms with Crippen LogP contribution in [-0.4, -0.2) is 42.8 Å². The maximum absolute atomic E-state index is 10.9. The third-order valence-electron chi connectivity index (χ3n) is 1.50. The molecule has 5 heteroatoms. The zero-order chi connectivity index (χ0) is 11.1. The van der Waals surface area contributed by atoms with Gasteiger partial charge in [-0.3, -0.25) is 9.59 Å². The van der Waals surface area contributed by atoms with Gasteiger partial charge in [-0.2, -0.15) is 0 Å². The molecule has 0 aliphatic rings. The fourth-order valence-corrected chi connectivity index (χ4v) is 0.643. The quantitative estimate of drug-likeness (QED) is 0.348. The van der Waals surface area contributed by atoms with E-state index in [0.29, 0.717) is 0 Å². The molecule has 0 aliphatic heterocycles. The first-order chi connectivity index (χ1) is 6.49. The van der Waals surface area contributed by atoms with Crippen LogP contribution in [0.1, 0.15) is 6.92 Å². The molecule has 1 amide bonds. The van der Waals surface area contributed by atoms with Crippen molar-refractivity contribution in [2.75, 3.05) is 20.2 Å². The number of esters is 1. The van der Waals surface area contributed by atoms with Gasteiger partial charge in [-0.15, -0.1) is 0 Å². The van der Waals surface area contributed by atoms with Gasteiger partial charge in [-0.1, -0.05) is 6.58 Å². The number of amides is 1. The molecule has 0 aromatic rings. The first kappa shape index (κ1) is 12.3. The summed E-state index contributed by atoms with van der Waals surface area (Å²) in [4.78, 5) is 33.4. The van der Waals surface area contributed by atoms with E-state index in [2.05, 4.69) is 11.3 Å². The molecule has 0 aliphatic carbocycles. The standard InChI is InChI=1S/C9H13NO4/c1-4-8(12)10(3)5-6-14-9(13)7(2)11/h4H,1,5-6H2,2-3H3. The van der Waals surface area contributed by atoms with Crippen LogP contribution in [0.5, 0.6) is 0 Å². The van der Waals surface area contributed by atoms with Gasteiger partial charge in [0.2, 0.25) is 11.7 Å². The minimum absolute atomic E-state index is 0.00843. The Bertz CT molecular complexity index is 260. The van der Waals surface area contributed by atoms with Crippen molar-refractivity contribution in [2.45, 2.75) is 6.92 Å². The third kappa shape index (κ3) is 4.39. The Kier molecular flexibility index (Phi) is 5.21. The van der Waals surface area contributed by atoms with E-state index in [1.54, 1.807) is 7.05 Å². The van der Waals surface area contributed by atoms with Crippen molar-refractivity contribution in [1.29, 1.82) is 0 Å². The molecule has 0 saturated carbocycles. The maximum atomic E-state index is 10.9. The molecule has 0 spiro atoms. The Hall–Kier alpha value is -1.65. The number of hydrogen-bond acceptors (Lipinski definition) is 4. The smallest absolute Gasteiger partial charge is 0.374 e. The van der Waals surface area contributed by atoms with Crippen LogP contribution in [0.2, 0.25) is 0 Å². The summed E-state index contributed by atoms with van der Waals surface area (Å²) in [5.74, 6) is -1.80. The third-order valence-corrected chi connectivity index (χ3v) is 1.50. The number of likely N-dealkylation sites (N-methyl/N-ethyl adjacent to an activating group) is 1. The molecule has 0 radical (unpaired) electrons. The predicted octanol–water partition coefficient (Wildman–Crippen LogP) is -0.237. The van der Waals surface area contributed by atoms with Gasteiger partial charge in [0.15, 0.2) is 0 Å². The lowest BCUT2D eigenvalue weighted by atomic mass is 10.4. The molecule has 14 heavy (non-hydrogen) atoms. The minimum atomic E-state index is -0.885. The Balaban J connectivity index is 3.74. The second-order valence-electron chi connectivity index (χ2n) is 2.66. The summed E-state index contributed by atoms with van der Waals surface area (Å²) >= 11 is 0. The Morgan fingerprint density at radius 3 is 2.43 bits per heavy atom. The zero-order valence-electron chi connectivity index (χ0n) is 8.28. The Morgan fingerprint density at radius 1 is 1.43 bits per heavy atom. The summed E-state index contributed by atoms with van der Waals surface area (Å²) in [6.07, 6.45) is 1.16. The van der Waals surface area contributed by atoms with E-state index in [4.69, 9.17) is 0 Å². The van der Waals surface area contributed by atoms with Gasteiger partial charge < -0.3 is 9.64 Å². The van der Waals surface area contributed by atoms with Crippen LogP contribution >= 0.6 is 0 Å². The fourth-order valence-electron chi connectivity index (χ4n) is 0.643. The van der Waals surface area contributed by atoms with Crippen LogP contribution in [0.25, 0.3) is 0 Å². The van der Waals surface area contributed by atoms with Crippen molar-refractivity contribution in [3.05, 3.63) is 12.7 Å². The first-order valence-corrected chi connectivity index (χ1v) is 4.04. The highest BCUT2D eigenvalue weighted by Crippen LogP contribution is 1.87. The van der Waals surface area contributed by atoms with Gasteiger partial charge in [-0.05, 0) is 6.08 Å². The van der Waals surface area contributed by atoms with Crippen LogP contribution < -0.4 is 0 Å². The molecule has 5 nitrogen and oxygen atoms in total. The van der Waals surface area contributed by atoms with Crippen molar-refractivity contribution in [1.82, 2.24) is 4.90 Å². The molecule has 0 N–H and O–H groups in total. The second-order valence-corrected chi connectivity index (χ2v) is 2.66. The SMILES string of the molecule is C=CC(=O)N(C)CCOC(=O)C(C)=O. The normalized spacial score (nSPS) is 9.00. The van der Waals surface area contributed by atoms with Crippen LogP contribution in [0.3, 0.4) is 0 Å². The molecule has 0 bridgehead atoms. The van der Waals surface area contributed by atoms with Crippen LogP contribution in [-0.2, 0) is 19.1 Å². The topological polar surface area (TPSA) is 63.7 Å². The van der Waals surface area contributed by atoms with Gasteiger partial charge >= 0.3 is 5.97 Å². The van der Waals surface area contributed by atoms with Crippen molar-refractivity contribution in [3.8, 4) is 0 Å². The second kappa shape index (κ2) is 5.90. The van der Waals surface area contributed by atoms with Gasteiger partial charge in [-0.25, -0.2) is 4.79 Å². The lowest BCUT2D eigenvalue weighted by Gasteiger charge is -2.14. The van der Waals surface area contributed by atoms with Crippen LogP contribution in [0, 0.1) is 0 Å². The predicted molar refractivity (Wildman–Crippen MR) is 49.5 cm³/mol. The summed E-state index contributed by atoms with van der Waals surface area (Å²) in [5, 5.41) is 0. The number of nitrogens with zero attached hydrogens (tertiary/aromatic N) is 1. The molecule has 0 heterocycles. The van der Waals surface area contributed by atoms with E-state index in [1.807, 2.05) is 0 Å². The molecule has 0 unspecified atom stereocenters. The van der Waals surface area contributed by atoms with Crippen LogP contribution in [0.4, 0.5) is 0 Å². The number of rotatable bonds is 5. The van der Waals surface area contributed by atoms with Crippen LogP contribution in [0.15, 0.2) is 12.7 Å². The zero-order valence-corrected chi connectivity index (χ0v) is 8.28. The highest BCUT2D eigenvalue weighted by molar-refractivity contribution is 6.32. The van der Waals surface area contributed by atoms with E-state index in [-0.39, 0.29) is 19.1 Å². The highest BCUT2D eigenvalue weighted by Gasteiger charge is 2.09. The molecule has 0 saturated heterocycles. The lowest BCUT2D eigenvalue weighted by Crippen LogP contribution is -2.29. The monoisotopic (exact) mass is 199 g/mol. The number of carbonyl (C=O) groups is 3. The Labute approximate surface area is 82.3 Å². The minimum Gasteiger partial charge on any atom is -0.458 e. The summed E-state index contributed by atoms with van der Waals surface area (Å²) in [6.45, 7) is 4.67. The highest BCUT2D eigenvalue weighted by atomic mass is 16.5. The van der Waals surface area contributed by atoms with E-state index < -0.39 is 11.8 Å². The molecule has 0 aromatic heterocycles. The van der Waals surface area contributed by atoms with E-state index >= 15 is 0 Å². The summed E-state index contributed by atoms with van der Waals surface area (Å²) in [7, 11) is 1.55. The largest absolute Gasteiger partial charge is 0.458 e. The van der Waals surface area contributed by atoms with Crippen molar-refractivity contribution >= 4 is 17.7 Å². The number of hydrogen-bond donors (Lipinski definition) is 0. The molecular weight excluding hydrogens is 186 g/mol. The lowest BCUT2D eigenvalue weighted by molar-refractivity contribution is -0.153. The number of ether oxygens (including phenoxy) is 1. The van der Waals surface area contributed by atoms with E-state index in [1.165, 1.54) is 4.90 Å². The van der Waals surface area contributed by atoms with Gasteiger partial charge in [0.05, 0.1) is 6.54 Å². The van der Waals surface area contributed by atoms with Crippen molar-refractivity contribution in [2.24, 2.45) is 0 Å². The summed E-state index contributed by atoms with van der Waals surface area (Å²) < 4.78 is 4.55. The number of carbonyl (C=O) groups excluding carboxylic acids is 3. The number of ketones is 1. The van der Waals surface area contributed by atoms with Gasteiger partial charge in [0.25, 0.3) is 0 Å². The molecule has 0 fully saturated rings. The van der Waals surface area contributed by atoms with Crippen molar-refractivity contribution in [3.63, 3.8) is 0 Å². The van der Waals surface area contributed by atoms with Gasteiger partial charge in [0.1, 0.15) is 6.61 Å². The molecule has 78 valence electrons. The summed E-state index contributed by atoms with van der Waals surface area (Å²) in [6, 6.07) is 0. The molecule has 0 rings (SSSR count). The molecular formula is C9H13NO4. The van der Waals surface area contributed by atoms with E-state index in [9.17, 15) is 14.4 Å². The average Bonchev–Trinajstić information content (AvgIpc) is 2.15. The summed E-state index contributed by atoms with van der Waals surface area (Å²) in [5.41, 5.74) is 0. The number of Topliss-reactive ketones (excluding diaryl/α,β-unsaturated/α-hetero) is 1. The molecule has 0 atom stereocenters.